The van der Waals surface area contributed by atoms with Crippen LogP contribution >= 0.6 is 0 Å². The average Bonchev–Trinajstić information content (AvgIpc) is 2.36. The topological polar surface area (TPSA) is 0 Å². The van der Waals surface area contributed by atoms with Crippen molar-refractivity contribution < 1.29 is 2.74 Å². The molecule has 0 fully saturated rings. The third-order valence-electron chi connectivity index (χ3n) is 2.97. The Morgan fingerprint density at radius 2 is 1.19 bits per heavy atom. The van der Waals surface area contributed by atoms with E-state index < -0.39 is 0 Å². The van der Waals surface area contributed by atoms with Gasteiger partial charge in [-0.05, 0) is 35.4 Å². The molecule has 0 heteroatoms. The zero-order valence-electron chi connectivity index (χ0n) is 11.5. The quantitative estimate of drug-likeness (QED) is 0.473. The summed E-state index contributed by atoms with van der Waals surface area (Å²) in [6.07, 6.45) is 0. The molecule has 0 aliphatic rings. The van der Waals surface area contributed by atoms with E-state index in [0.717, 1.165) is 32.7 Å². The Bertz CT molecular complexity index is 706. The van der Waals surface area contributed by atoms with E-state index in [1.807, 2.05) is 26.0 Å². The summed E-state index contributed by atoms with van der Waals surface area (Å²) >= 11 is 0. The van der Waals surface area contributed by atoms with Crippen LogP contribution in [0.1, 0.15) is 13.9 Å². The number of hydrogen-bond acceptors (Lipinski definition) is 0. The van der Waals surface area contributed by atoms with Crippen LogP contribution in [0.25, 0.3) is 21.5 Å². The van der Waals surface area contributed by atoms with Crippen LogP contribution in [0.4, 0.5) is 0 Å². The average molecular weight is 208 g/mol. The summed E-state index contributed by atoms with van der Waals surface area (Å²) in [6.45, 7) is 4.03. The molecule has 0 heterocycles. The highest BCUT2D eigenvalue weighted by molar-refractivity contribution is 6.07. The van der Waals surface area contributed by atoms with Gasteiger partial charge in [-0.3, -0.25) is 0 Å². The Morgan fingerprint density at radius 3 is 1.62 bits per heavy atom. The summed E-state index contributed by atoms with van der Waals surface area (Å²) in [5.74, 6) is 0. The number of fused-ring (bicyclic) bond motifs is 3. The maximum Gasteiger partial charge on any atom is 0.0629 e. The van der Waals surface area contributed by atoms with Gasteiger partial charge in [0.15, 0.2) is 0 Å². The lowest BCUT2D eigenvalue weighted by molar-refractivity contribution is 1.50. The number of benzene rings is 3. The number of hydrogen-bond donors (Lipinski definition) is 0. The van der Waals surface area contributed by atoms with E-state index >= 15 is 0 Å². The standard InChI is InChI=1S/C16H14/c1-11-3-7-15-13(9-11)5-6-14-10-12(2)4-8-16(14)15/h3-10H,1-2H3/i5D,6D. The van der Waals surface area contributed by atoms with Crippen LogP contribution in [0.3, 0.4) is 0 Å². The summed E-state index contributed by atoms with van der Waals surface area (Å²) in [5, 5.41) is 3.88. The molecule has 0 spiro atoms. The molecule has 0 nitrogen and oxygen atoms in total. The van der Waals surface area contributed by atoms with E-state index in [4.69, 9.17) is 2.74 Å². The monoisotopic (exact) mass is 208 g/mol. The van der Waals surface area contributed by atoms with Gasteiger partial charge in [-0.15, -0.1) is 0 Å². The molecular formula is C16H14. The molecule has 0 atom stereocenters. The van der Waals surface area contributed by atoms with Gasteiger partial charge < -0.3 is 0 Å². The van der Waals surface area contributed by atoms with Crippen molar-refractivity contribution in [1.82, 2.24) is 0 Å². The summed E-state index contributed by atoms with van der Waals surface area (Å²) in [4.78, 5) is 0. The van der Waals surface area contributed by atoms with Gasteiger partial charge >= 0.3 is 0 Å². The molecule has 0 radical (unpaired) electrons. The summed E-state index contributed by atoms with van der Waals surface area (Å²) in [7, 11) is 0. The lowest BCUT2D eigenvalue weighted by Crippen LogP contribution is -1.80. The predicted octanol–water partition coefficient (Wildman–Crippen LogP) is 4.61. The van der Waals surface area contributed by atoms with Crippen molar-refractivity contribution in [2.45, 2.75) is 13.8 Å². The number of aryl methyl sites for hydroxylation is 2. The fourth-order valence-corrected chi connectivity index (χ4v) is 2.13. The Hall–Kier alpha value is -1.82. The first-order valence-corrected chi connectivity index (χ1v) is 5.48. The van der Waals surface area contributed by atoms with Crippen LogP contribution in [-0.4, -0.2) is 0 Å². The van der Waals surface area contributed by atoms with Gasteiger partial charge in [0.25, 0.3) is 0 Å². The zero-order chi connectivity index (χ0) is 12.9. The van der Waals surface area contributed by atoms with E-state index in [9.17, 15) is 0 Å². The third kappa shape index (κ3) is 1.38. The van der Waals surface area contributed by atoms with Crippen molar-refractivity contribution >= 4 is 21.5 Å². The maximum absolute atomic E-state index is 8.15. The molecule has 0 saturated carbocycles. The van der Waals surface area contributed by atoms with Crippen LogP contribution < -0.4 is 0 Å². The van der Waals surface area contributed by atoms with Crippen molar-refractivity contribution in [2.24, 2.45) is 0 Å². The Labute approximate surface area is 98.3 Å². The fourth-order valence-electron chi connectivity index (χ4n) is 2.13. The normalized spacial score (nSPS) is 12.9. The van der Waals surface area contributed by atoms with Crippen molar-refractivity contribution in [3.63, 3.8) is 0 Å². The molecule has 0 unspecified atom stereocenters. The van der Waals surface area contributed by atoms with Crippen molar-refractivity contribution in [3.05, 3.63) is 59.6 Å². The van der Waals surface area contributed by atoms with Gasteiger partial charge in [0.1, 0.15) is 0 Å². The van der Waals surface area contributed by atoms with Gasteiger partial charge in [-0.1, -0.05) is 59.6 Å². The minimum absolute atomic E-state index is 0.326. The second-order valence-electron chi connectivity index (χ2n) is 4.35. The smallest absolute Gasteiger partial charge is 0.0587 e. The summed E-state index contributed by atoms with van der Waals surface area (Å²) < 4.78 is 16.3. The van der Waals surface area contributed by atoms with Crippen LogP contribution in [0.5, 0.6) is 0 Å². The molecular weight excluding hydrogens is 192 g/mol. The Kier molecular flexibility index (Phi) is 1.56. The molecule has 0 aliphatic heterocycles. The van der Waals surface area contributed by atoms with Crippen molar-refractivity contribution in [3.8, 4) is 0 Å². The van der Waals surface area contributed by atoms with Crippen LogP contribution in [0, 0.1) is 13.8 Å². The SMILES string of the molecule is [2H]c1c([2H])c2cc(C)ccc2c2ccc(C)cc12. The van der Waals surface area contributed by atoms with E-state index in [1.54, 1.807) is 0 Å². The molecule has 0 aliphatic carbocycles. The van der Waals surface area contributed by atoms with Gasteiger partial charge in [0.05, 0.1) is 2.74 Å². The maximum atomic E-state index is 8.15. The highest BCUT2D eigenvalue weighted by atomic mass is 14.0. The van der Waals surface area contributed by atoms with Crippen molar-refractivity contribution in [2.75, 3.05) is 0 Å². The van der Waals surface area contributed by atoms with Gasteiger partial charge in [-0.2, -0.15) is 0 Å². The number of rotatable bonds is 0. The highest BCUT2D eigenvalue weighted by Gasteiger charge is 2.00. The molecule has 0 amide bonds. The Balaban J connectivity index is 2.62. The minimum Gasteiger partial charge on any atom is -0.0587 e. The molecule has 16 heavy (non-hydrogen) atoms. The summed E-state index contributed by atoms with van der Waals surface area (Å²) in [6, 6.07) is 12.9. The second-order valence-corrected chi connectivity index (χ2v) is 4.35. The predicted molar refractivity (Wildman–Crippen MR) is 70.9 cm³/mol. The molecule has 3 aromatic carbocycles. The zero-order valence-corrected chi connectivity index (χ0v) is 9.46. The highest BCUT2D eigenvalue weighted by Crippen LogP contribution is 2.26. The van der Waals surface area contributed by atoms with E-state index in [2.05, 4.69) is 24.3 Å². The fraction of sp³-hybridized carbons (Fsp3) is 0.125. The van der Waals surface area contributed by atoms with E-state index in [0.29, 0.717) is 12.1 Å². The van der Waals surface area contributed by atoms with Crippen LogP contribution in [0.2, 0.25) is 0 Å². The molecule has 0 bridgehead atoms. The molecule has 78 valence electrons. The van der Waals surface area contributed by atoms with Gasteiger partial charge in [-0.25, -0.2) is 0 Å². The molecule has 0 N–H and O–H groups in total. The third-order valence-corrected chi connectivity index (χ3v) is 2.97. The van der Waals surface area contributed by atoms with E-state index in [-0.39, 0.29) is 0 Å². The Morgan fingerprint density at radius 1 is 0.750 bits per heavy atom. The van der Waals surface area contributed by atoms with E-state index in [1.165, 1.54) is 0 Å². The summed E-state index contributed by atoms with van der Waals surface area (Å²) in [5.41, 5.74) is 2.25. The largest absolute Gasteiger partial charge is 0.0629 e. The molecule has 0 aromatic heterocycles. The first-order chi connectivity index (χ1) is 8.58. The lowest BCUT2D eigenvalue weighted by atomic mass is 9.99. The van der Waals surface area contributed by atoms with Crippen LogP contribution in [0.15, 0.2) is 48.5 Å². The molecule has 3 rings (SSSR count). The van der Waals surface area contributed by atoms with Gasteiger partial charge in [0.2, 0.25) is 0 Å². The van der Waals surface area contributed by atoms with Gasteiger partial charge in [0, 0.05) is 0 Å². The first-order valence-electron chi connectivity index (χ1n) is 6.48. The molecule has 3 aromatic rings. The van der Waals surface area contributed by atoms with Crippen LogP contribution in [-0.2, 0) is 0 Å². The lowest BCUT2D eigenvalue weighted by Gasteiger charge is -2.05. The molecule has 0 saturated heterocycles. The second kappa shape index (κ2) is 3.34. The minimum atomic E-state index is 0.326. The first kappa shape index (κ1) is 7.45. The van der Waals surface area contributed by atoms with Crippen molar-refractivity contribution in [1.29, 1.82) is 0 Å².